The predicted octanol–water partition coefficient (Wildman–Crippen LogP) is 1.13. The predicted molar refractivity (Wildman–Crippen MR) is 66.1 cm³/mol. The summed E-state index contributed by atoms with van der Waals surface area (Å²) in [5, 5.41) is 0. The molecule has 0 atom stereocenters. The van der Waals surface area contributed by atoms with Crippen molar-refractivity contribution in [2.45, 2.75) is 0 Å². The molecule has 14 heavy (non-hydrogen) atoms. The van der Waals surface area contributed by atoms with Gasteiger partial charge in [0.2, 0.25) is 10.5 Å². The van der Waals surface area contributed by atoms with Gasteiger partial charge in [-0.25, -0.2) is 0 Å². The monoisotopic (exact) mass is 209 g/mol. The van der Waals surface area contributed by atoms with Crippen LogP contribution in [-0.2, 0) is 4.43 Å². The largest absolute Gasteiger partial charge is 0.553 e. The molecule has 0 fully saturated rings. The highest BCUT2D eigenvalue weighted by molar-refractivity contribution is 6.01. The maximum absolute atomic E-state index is 5.08. The molecule has 0 aliphatic rings. The number of hydrogen-bond donors (Lipinski definition) is 0. The van der Waals surface area contributed by atoms with Crippen molar-refractivity contribution < 1.29 is 4.43 Å². The topological polar surface area (TPSA) is 12.5 Å². The Labute approximate surface area is 89.7 Å². The van der Waals surface area contributed by atoms with E-state index >= 15 is 0 Å². The van der Waals surface area contributed by atoms with Crippen molar-refractivity contribution in [2.75, 3.05) is 21.1 Å². The molecule has 0 radical (unpaired) electrons. The molecule has 78 valence electrons. The first-order chi connectivity index (χ1) is 6.57. The van der Waals surface area contributed by atoms with Gasteiger partial charge in [0.25, 0.3) is 0 Å². The lowest BCUT2D eigenvalue weighted by Gasteiger charge is -2.02. The molecule has 0 saturated carbocycles. The Kier molecular flexibility index (Phi) is 6.79. The SMILES string of the molecule is C=C(O[SiH3])c1ccccc1.CN(C)C. The Bertz CT molecular complexity index is 256. The van der Waals surface area contributed by atoms with Crippen molar-refractivity contribution >= 4 is 16.2 Å². The Balaban J connectivity index is 0.000000364. The highest BCUT2D eigenvalue weighted by atomic mass is 28.2. The molecule has 0 aliphatic heterocycles. The summed E-state index contributed by atoms with van der Waals surface area (Å²) in [7, 11) is 6.71. The van der Waals surface area contributed by atoms with Crippen LogP contribution >= 0.6 is 0 Å². The Morgan fingerprint density at radius 2 is 1.64 bits per heavy atom. The first-order valence-electron chi connectivity index (χ1n) is 4.47. The third-order valence-corrected chi connectivity index (χ3v) is 1.83. The molecular weight excluding hydrogens is 190 g/mol. The summed E-state index contributed by atoms with van der Waals surface area (Å²) < 4.78 is 5.08. The molecule has 0 unspecified atom stereocenters. The van der Waals surface area contributed by atoms with Crippen LogP contribution in [0.15, 0.2) is 36.9 Å². The first-order valence-corrected chi connectivity index (χ1v) is 5.28. The summed E-state index contributed by atoms with van der Waals surface area (Å²) in [5.74, 6) is 0.771. The van der Waals surface area contributed by atoms with Gasteiger partial charge in [0, 0.05) is 5.56 Å². The zero-order chi connectivity index (χ0) is 11.0. The summed E-state index contributed by atoms with van der Waals surface area (Å²) in [6.45, 7) is 3.76. The van der Waals surface area contributed by atoms with E-state index in [4.69, 9.17) is 4.43 Å². The second kappa shape index (κ2) is 7.35. The lowest BCUT2D eigenvalue weighted by molar-refractivity contribution is 0.505. The van der Waals surface area contributed by atoms with E-state index in [0.29, 0.717) is 10.5 Å². The smallest absolute Gasteiger partial charge is 0.204 e. The molecule has 0 spiro atoms. The van der Waals surface area contributed by atoms with E-state index < -0.39 is 0 Å². The number of nitrogens with zero attached hydrogens (tertiary/aromatic N) is 1. The summed E-state index contributed by atoms with van der Waals surface area (Å²) in [6, 6.07) is 9.90. The van der Waals surface area contributed by atoms with Gasteiger partial charge < -0.3 is 9.33 Å². The van der Waals surface area contributed by atoms with E-state index in [2.05, 4.69) is 6.58 Å². The molecule has 1 rings (SSSR count). The maximum atomic E-state index is 5.08. The van der Waals surface area contributed by atoms with Crippen LogP contribution in [0.2, 0.25) is 0 Å². The van der Waals surface area contributed by atoms with Crippen molar-refractivity contribution in [3.8, 4) is 0 Å². The highest BCUT2D eigenvalue weighted by Gasteiger charge is 1.92. The lowest BCUT2D eigenvalue weighted by atomic mass is 10.2. The minimum absolute atomic E-state index is 0.708. The van der Waals surface area contributed by atoms with Crippen LogP contribution in [0.25, 0.3) is 5.76 Å². The summed E-state index contributed by atoms with van der Waals surface area (Å²) in [4.78, 5) is 2.00. The van der Waals surface area contributed by atoms with Gasteiger partial charge in [-0.05, 0) is 21.1 Å². The average molecular weight is 209 g/mol. The Morgan fingerprint density at radius 1 is 1.21 bits per heavy atom. The van der Waals surface area contributed by atoms with Crippen LogP contribution in [0.3, 0.4) is 0 Å². The molecule has 0 N–H and O–H groups in total. The fraction of sp³-hybridized carbons (Fsp3) is 0.273. The van der Waals surface area contributed by atoms with Gasteiger partial charge in [-0.2, -0.15) is 0 Å². The van der Waals surface area contributed by atoms with E-state index in [9.17, 15) is 0 Å². The molecule has 1 aromatic carbocycles. The summed E-state index contributed by atoms with van der Waals surface area (Å²) in [6.07, 6.45) is 0. The summed E-state index contributed by atoms with van der Waals surface area (Å²) in [5.41, 5.74) is 1.07. The third-order valence-electron chi connectivity index (χ3n) is 1.34. The molecule has 3 heteroatoms. The minimum Gasteiger partial charge on any atom is -0.553 e. The van der Waals surface area contributed by atoms with E-state index in [-0.39, 0.29) is 0 Å². The van der Waals surface area contributed by atoms with Crippen molar-refractivity contribution in [1.82, 2.24) is 4.90 Å². The Morgan fingerprint density at radius 3 is 2.00 bits per heavy atom. The standard InChI is InChI=1S/C8H10OSi.C3H9N/c1-7(9-10)8-5-3-2-4-6-8;1-4(2)3/h2-6H,1H2,10H3;1-3H3. The van der Waals surface area contributed by atoms with Gasteiger partial charge in [-0.1, -0.05) is 36.9 Å². The van der Waals surface area contributed by atoms with Crippen molar-refractivity contribution in [2.24, 2.45) is 0 Å². The number of hydrogen-bond acceptors (Lipinski definition) is 2. The van der Waals surface area contributed by atoms with Crippen LogP contribution in [0, 0.1) is 0 Å². The quantitative estimate of drug-likeness (QED) is 0.535. The van der Waals surface area contributed by atoms with Crippen molar-refractivity contribution in [3.63, 3.8) is 0 Å². The fourth-order valence-corrected chi connectivity index (χ4v) is 0.978. The van der Waals surface area contributed by atoms with Gasteiger partial charge in [0.1, 0.15) is 5.76 Å². The zero-order valence-electron chi connectivity index (χ0n) is 9.45. The van der Waals surface area contributed by atoms with Crippen LogP contribution < -0.4 is 0 Å². The molecular formula is C11H19NOSi. The van der Waals surface area contributed by atoms with Gasteiger partial charge in [0.15, 0.2) is 0 Å². The highest BCUT2D eigenvalue weighted by Crippen LogP contribution is 2.10. The lowest BCUT2D eigenvalue weighted by Crippen LogP contribution is -1.99. The number of benzene rings is 1. The van der Waals surface area contributed by atoms with Gasteiger partial charge in [0.05, 0.1) is 0 Å². The average Bonchev–Trinajstić information content (AvgIpc) is 2.17. The molecule has 0 heterocycles. The maximum Gasteiger partial charge on any atom is 0.204 e. The third kappa shape index (κ3) is 6.45. The van der Waals surface area contributed by atoms with Gasteiger partial charge in [-0.15, -0.1) is 0 Å². The van der Waals surface area contributed by atoms with E-state index in [1.165, 1.54) is 0 Å². The van der Waals surface area contributed by atoms with E-state index in [1.54, 1.807) is 0 Å². The molecule has 0 saturated heterocycles. The van der Waals surface area contributed by atoms with Crippen LogP contribution in [0.5, 0.6) is 0 Å². The van der Waals surface area contributed by atoms with Crippen molar-refractivity contribution in [3.05, 3.63) is 42.5 Å². The van der Waals surface area contributed by atoms with Crippen LogP contribution in [0.1, 0.15) is 5.56 Å². The first kappa shape index (κ1) is 12.9. The molecule has 0 aliphatic carbocycles. The van der Waals surface area contributed by atoms with Crippen molar-refractivity contribution in [1.29, 1.82) is 0 Å². The van der Waals surface area contributed by atoms with Gasteiger partial charge in [-0.3, -0.25) is 0 Å². The van der Waals surface area contributed by atoms with Gasteiger partial charge >= 0.3 is 0 Å². The molecule has 0 bridgehead atoms. The molecule has 1 aromatic rings. The fourth-order valence-electron chi connectivity index (χ4n) is 0.742. The second-order valence-corrected chi connectivity index (χ2v) is 3.74. The normalized spacial score (nSPS) is 9.14. The molecule has 0 aromatic heterocycles. The second-order valence-electron chi connectivity index (χ2n) is 3.33. The molecule has 2 nitrogen and oxygen atoms in total. The van der Waals surface area contributed by atoms with E-state index in [0.717, 1.165) is 11.3 Å². The van der Waals surface area contributed by atoms with Crippen LogP contribution in [0.4, 0.5) is 0 Å². The van der Waals surface area contributed by atoms with E-state index in [1.807, 2.05) is 56.4 Å². The minimum atomic E-state index is 0.708. The Hall–Kier alpha value is -1.06. The number of rotatable bonds is 2. The zero-order valence-corrected chi connectivity index (χ0v) is 11.4. The molecule has 0 amide bonds. The summed E-state index contributed by atoms with van der Waals surface area (Å²) >= 11 is 0. The van der Waals surface area contributed by atoms with Crippen LogP contribution in [-0.4, -0.2) is 36.5 Å².